The third kappa shape index (κ3) is 4.28. The lowest BCUT2D eigenvalue weighted by molar-refractivity contribution is -0.128. The van der Waals surface area contributed by atoms with Crippen molar-refractivity contribution in [2.75, 3.05) is 4.90 Å². The molecular weight excluding hydrogens is 396 g/mol. The van der Waals surface area contributed by atoms with Gasteiger partial charge in [-0.3, -0.25) is 9.59 Å². The number of hydrogen-bond acceptors (Lipinski definition) is 4. The zero-order valence-corrected chi connectivity index (χ0v) is 17.8. The summed E-state index contributed by atoms with van der Waals surface area (Å²) in [6.07, 6.45) is 1.57. The van der Waals surface area contributed by atoms with E-state index in [0.717, 1.165) is 16.1 Å². The molecule has 2 aromatic carbocycles. The van der Waals surface area contributed by atoms with Gasteiger partial charge in [0, 0.05) is 4.90 Å². The molecule has 1 aliphatic heterocycles. The van der Waals surface area contributed by atoms with Gasteiger partial charge >= 0.3 is 0 Å². The van der Waals surface area contributed by atoms with Crippen LogP contribution in [0.25, 0.3) is 0 Å². The third-order valence-corrected chi connectivity index (χ3v) is 6.73. The molecule has 0 saturated heterocycles. The number of aryl methyl sites for hydroxylation is 1. The van der Waals surface area contributed by atoms with E-state index in [1.165, 1.54) is 17.3 Å². The minimum absolute atomic E-state index is 0.0417. The van der Waals surface area contributed by atoms with E-state index >= 15 is 0 Å². The monoisotopic (exact) mass is 420 g/mol. The lowest BCUT2D eigenvalue weighted by atomic mass is 10.0. The fourth-order valence-corrected chi connectivity index (χ4v) is 4.77. The number of nitrogens with one attached hydrogen (secondary N) is 1. The maximum atomic E-state index is 13.4. The van der Waals surface area contributed by atoms with Crippen molar-refractivity contribution in [1.29, 1.82) is 0 Å². The number of carbonyl (C=O) groups is 2. The number of anilines is 1. The van der Waals surface area contributed by atoms with Gasteiger partial charge in [-0.15, -0.1) is 11.8 Å². The molecule has 0 aliphatic carbocycles. The molecule has 2 heterocycles. The molecule has 154 valence electrons. The van der Waals surface area contributed by atoms with E-state index in [-0.39, 0.29) is 11.8 Å². The number of fused-ring (bicyclic) bond motifs is 1. The minimum Gasteiger partial charge on any atom is -0.467 e. The van der Waals surface area contributed by atoms with E-state index in [1.807, 2.05) is 68.4 Å². The number of hydrogen-bond donors (Lipinski definition) is 1. The van der Waals surface area contributed by atoms with Crippen molar-refractivity contribution in [3.63, 3.8) is 0 Å². The van der Waals surface area contributed by atoms with Gasteiger partial charge < -0.3 is 14.6 Å². The molecule has 2 amide bonds. The van der Waals surface area contributed by atoms with Gasteiger partial charge in [-0.05, 0) is 36.8 Å². The van der Waals surface area contributed by atoms with Crippen LogP contribution in [-0.4, -0.2) is 17.1 Å². The van der Waals surface area contributed by atoms with Crippen molar-refractivity contribution in [1.82, 2.24) is 5.32 Å². The summed E-state index contributed by atoms with van der Waals surface area (Å²) in [4.78, 5) is 29.0. The minimum atomic E-state index is -0.484. The summed E-state index contributed by atoms with van der Waals surface area (Å²) in [6, 6.07) is 19.7. The Morgan fingerprint density at radius 2 is 1.90 bits per heavy atom. The Bertz CT molecular complexity index is 1030. The van der Waals surface area contributed by atoms with Gasteiger partial charge in [-0.1, -0.05) is 48.9 Å². The van der Waals surface area contributed by atoms with Gasteiger partial charge in [-0.2, -0.15) is 0 Å². The Labute approximate surface area is 180 Å². The maximum Gasteiger partial charge on any atom is 0.241 e. The van der Waals surface area contributed by atoms with E-state index in [1.54, 1.807) is 17.2 Å². The van der Waals surface area contributed by atoms with Gasteiger partial charge in [0.2, 0.25) is 11.8 Å². The third-order valence-electron chi connectivity index (χ3n) is 5.27. The highest BCUT2D eigenvalue weighted by Crippen LogP contribution is 2.42. The Hall–Kier alpha value is -2.99. The van der Waals surface area contributed by atoms with Crippen molar-refractivity contribution in [3.05, 3.63) is 83.8 Å². The van der Waals surface area contributed by atoms with Crippen molar-refractivity contribution in [3.8, 4) is 0 Å². The summed E-state index contributed by atoms with van der Waals surface area (Å²) in [5, 5.41) is 2.40. The molecular formula is C24H24N2O3S. The number of carbonyl (C=O) groups excluding carboxylic acids is 2. The number of benzene rings is 2. The van der Waals surface area contributed by atoms with Crippen molar-refractivity contribution >= 4 is 29.3 Å². The molecule has 0 spiro atoms. The average Bonchev–Trinajstić information content (AvgIpc) is 3.28. The van der Waals surface area contributed by atoms with E-state index in [4.69, 9.17) is 4.42 Å². The molecule has 4 rings (SSSR count). The molecule has 5 nitrogen and oxygen atoms in total. The topological polar surface area (TPSA) is 62.6 Å². The Morgan fingerprint density at radius 1 is 1.13 bits per heavy atom. The Morgan fingerprint density at radius 3 is 2.63 bits per heavy atom. The van der Waals surface area contributed by atoms with Crippen LogP contribution in [0.5, 0.6) is 0 Å². The van der Waals surface area contributed by atoms with Gasteiger partial charge in [0.15, 0.2) is 0 Å². The predicted molar refractivity (Wildman–Crippen MR) is 118 cm³/mol. The number of furan rings is 1. The summed E-state index contributed by atoms with van der Waals surface area (Å²) in [6.45, 7) is 4.64. The predicted octanol–water partition coefficient (Wildman–Crippen LogP) is 4.55. The van der Waals surface area contributed by atoms with Crippen LogP contribution in [0.3, 0.4) is 0 Å². The van der Waals surface area contributed by atoms with Crippen LogP contribution in [0.2, 0.25) is 0 Å². The number of para-hydroxylation sites is 1. The molecule has 0 bridgehead atoms. The largest absolute Gasteiger partial charge is 0.467 e. The quantitative estimate of drug-likeness (QED) is 0.636. The summed E-state index contributed by atoms with van der Waals surface area (Å²) in [7, 11) is 0. The molecule has 0 saturated carbocycles. The number of rotatable bonds is 6. The first-order valence-corrected chi connectivity index (χ1v) is 10.8. The molecule has 3 aromatic rings. The zero-order valence-electron chi connectivity index (χ0n) is 17.0. The Balaban J connectivity index is 1.54. The van der Waals surface area contributed by atoms with Gasteiger partial charge in [-0.25, -0.2) is 0 Å². The average molecular weight is 421 g/mol. The normalized spacial score (nSPS) is 16.8. The summed E-state index contributed by atoms with van der Waals surface area (Å²) in [5.74, 6) is 0.00249. The number of nitrogens with zero attached hydrogens (tertiary/aromatic N) is 1. The smallest absolute Gasteiger partial charge is 0.241 e. The van der Waals surface area contributed by atoms with Gasteiger partial charge in [0.05, 0.1) is 31.0 Å². The van der Waals surface area contributed by atoms with E-state index in [9.17, 15) is 9.59 Å². The molecule has 0 fully saturated rings. The fourth-order valence-electron chi connectivity index (χ4n) is 3.48. The Kier molecular flexibility index (Phi) is 5.95. The second-order valence-corrected chi connectivity index (χ2v) is 8.69. The zero-order chi connectivity index (χ0) is 21.1. The molecule has 1 N–H and O–H groups in total. The van der Waals surface area contributed by atoms with Crippen LogP contribution in [0.4, 0.5) is 5.69 Å². The molecule has 6 heteroatoms. The summed E-state index contributed by atoms with van der Waals surface area (Å²) >= 11 is 1.47. The summed E-state index contributed by atoms with van der Waals surface area (Å²) < 4.78 is 5.27. The lowest BCUT2D eigenvalue weighted by Crippen LogP contribution is -2.47. The first-order chi connectivity index (χ1) is 14.5. The summed E-state index contributed by atoms with van der Waals surface area (Å²) in [5.41, 5.74) is 3.14. The molecule has 30 heavy (non-hydrogen) atoms. The van der Waals surface area contributed by atoms with Crippen LogP contribution in [0.1, 0.15) is 23.8 Å². The van der Waals surface area contributed by atoms with Crippen LogP contribution in [0.15, 0.2) is 76.2 Å². The molecule has 2 atom stereocenters. The second kappa shape index (κ2) is 8.79. The van der Waals surface area contributed by atoms with Crippen LogP contribution in [0, 0.1) is 12.8 Å². The van der Waals surface area contributed by atoms with E-state index in [2.05, 4.69) is 5.32 Å². The van der Waals surface area contributed by atoms with Crippen LogP contribution in [-0.2, 0) is 22.7 Å². The first-order valence-electron chi connectivity index (χ1n) is 9.95. The molecule has 1 aliphatic rings. The standard InChI is InChI=1S/C24H24N2O3S/c1-16-9-11-18(12-10-16)15-26-20-7-3-4-8-21(20)30-22(24(26)28)17(2)23(27)25-14-19-6-5-13-29-19/h3-13,17,22H,14-15H2,1-2H3,(H,25,27)/t17-,22-/m0/s1. The van der Waals surface area contributed by atoms with Crippen LogP contribution < -0.4 is 10.2 Å². The second-order valence-electron chi connectivity index (χ2n) is 7.50. The number of thioether (sulfide) groups is 1. The van der Waals surface area contributed by atoms with Gasteiger partial charge in [0.25, 0.3) is 0 Å². The van der Waals surface area contributed by atoms with E-state index < -0.39 is 11.2 Å². The molecule has 1 aromatic heterocycles. The van der Waals surface area contributed by atoms with Crippen molar-refractivity contribution < 1.29 is 14.0 Å². The molecule has 0 unspecified atom stereocenters. The van der Waals surface area contributed by atoms with Crippen molar-refractivity contribution in [2.24, 2.45) is 5.92 Å². The van der Waals surface area contributed by atoms with Gasteiger partial charge in [0.1, 0.15) is 11.0 Å². The maximum absolute atomic E-state index is 13.4. The molecule has 0 radical (unpaired) electrons. The highest BCUT2D eigenvalue weighted by atomic mass is 32.2. The fraction of sp³-hybridized carbons (Fsp3) is 0.250. The van der Waals surface area contributed by atoms with Crippen molar-refractivity contribution in [2.45, 2.75) is 37.1 Å². The number of amides is 2. The highest BCUT2D eigenvalue weighted by molar-refractivity contribution is 8.01. The van der Waals surface area contributed by atoms with Crippen LogP contribution >= 0.6 is 11.8 Å². The highest BCUT2D eigenvalue weighted by Gasteiger charge is 2.39. The van der Waals surface area contributed by atoms with E-state index in [0.29, 0.717) is 18.8 Å². The first kappa shape index (κ1) is 20.3. The SMILES string of the molecule is Cc1ccc(CN2C(=O)[C@H]([C@H](C)C(=O)NCc3ccco3)Sc3ccccc32)cc1. The lowest BCUT2D eigenvalue weighted by Gasteiger charge is -2.35.